The molecule has 0 saturated heterocycles. The Labute approximate surface area is 144 Å². The van der Waals surface area contributed by atoms with Crippen molar-refractivity contribution in [1.82, 2.24) is 9.55 Å². The zero-order valence-corrected chi connectivity index (χ0v) is 13.7. The van der Waals surface area contributed by atoms with Gasteiger partial charge in [0, 0.05) is 22.7 Å². The van der Waals surface area contributed by atoms with Crippen LogP contribution in [0.4, 0.5) is 4.39 Å². The number of hydrogen-bond donors (Lipinski definition) is 1. The number of aromatic nitrogens is 2. The zero-order valence-electron chi connectivity index (χ0n) is 13.7. The molecule has 4 aromatic rings. The predicted octanol–water partition coefficient (Wildman–Crippen LogP) is 3.98. The lowest BCUT2D eigenvalue weighted by atomic mass is 10.1. The third-order valence-electron chi connectivity index (χ3n) is 4.26. The van der Waals surface area contributed by atoms with Crippen LogP contribution in [0.3, 0.4) is 0 Å². The van der Waals surface area contributed by atoms with Gasteiger partial charge in [0.2, 0.25) is 5.89 Å². The average Bonchev–Trinajstić information content (AvgIpc) is 3.22. The van der Waals surface area contributed by atoms with Crippen LogP contribution >= 0.6 is 0 Å². The van der Waals surface area contributed by atoms with Crippen LogP contribution in [0.1, 0.15) is 11.3 Å². The van der Waals surface area contributed by atoms with E-state index >= 15 is 0 Å². The second-order valence-electron chi connectivity index (χ2n) is 5.99. The van der Waals surface area contributed by atoms with Crippen LogP contribution in [0.5, 0.6) is 0 Å². The van der Waals surface area contributed by atoms with Gasteiger partial charge in [-0.1, -0.05) is 18.2 Å². The average molecular weight is 335 g/mol. The van der Waals surface area contributed by atoms with Crippen LogP contribution in [0, 0.1) is 5.82 Å². The fourth-order valence-corrected chi connectivity index (χ4v) is 3.09. The van der Waals surface area contributed by atoms with E-state index in [1.165, 1.54) is 23.1 Å². The maximum atomic E-state index is 13.0. The van der Waals surface area contributed by atoms with Crippen molar-refractivity contribution in [2.24, 2.45) is 5.73 Å². The van der Waals surface area contributed by atoms with E-state index in [9.17, 15) is 4.39 Å². The Kier molecular flexibility index (Phi) is 4.07. The van der Waals surface area contributed by atoms with Gasteiger partial charge in [0.15, 0.2) is 0 Å². The third kappa shape index (κ3) is 3.06. The topological polar surface area (TPSA) is 57.0 Å². The molecule has 2 aromatic heterocycles. The molecule has 4 rings (SSSR count). The number of nitrogens with two attached hydrogens (primary N) is 1. The van der Waals surface area contributed by atoms with E-state index in [1.807, 2.05) is 12.1 Å². The van der Waals surface area contributed by atoms with Crippen molar-refractivity contribution >= 4 is 10.9 Å². The maximum Gasteiger partial charge on any atom is 0.226 e. The number of fused-ring (bicyclic) bond motifs is 1. The molecule has 0 amide bonds. The fourth-order valence-electron chi connectivity index (χ4n) is 3.09. The van der Waals surface area contributed by atoms with E-state index in [-0.39, 0.29) is 5.82 Å². The lowest BCUT2D eigenvalue weighted by Crippen LogP contribution is -2.02. The summed E-state index contributed by atoms with van der Waals surface area (Å²) in [5, 5.41) is 1.22. The molecule has 2 heterocycles. The Morgan fingerprint density at radius 3 is 2.68 bits per heavy atom. The normalized spacial score (nSPS) is 11.3. The molecule has 2 aromatic carbocycles. The molecule has 25 heavy (non-hydrogen) atoms. The molecule has 0 fully saturated rings. The molecule has 126 valence electrons. The summed E-state index contributed by atoms with van der Waals surface area (Å²) in [5.74, 6) is 0.218. The summed E-state index contributed by atoms with van der Waals surface area (Å²) in [6.45, 7) is 1.22. The van der Waals surface area contributed by atoms with Crippen molar-refractivity contribution in [2.45, 2.75) is 13.0 Å². The minimum atomic E-state index is -0.276. The standard InChI is InChI=1S/C20H18FN3O/c21-16-7-5-14(6-8-16)20-23-17(13-25-20)12-24-11-15(9-10-22)18-3-1-2-4-19(18)24/h1-8,11,13H,9-10,12,22H2. The van der Waals surface area contributed by atoms with Crippen LogP contribution < -0.4 is 5.73 Å². The molecule has 0 bridgehead atoms. The van der Waals surface area contributed by atoms with Gasteiger partial charge in [0.25, 0.3) is 0 Å². The molecular weight excluding hydrogens is 317 g/mol. The number of oxazole rings is 1. The number of halogens is 1. The Hall–Kier alpha value is -2.92. The molecule has 0 atom stereocenters. The summed E-state index contributed by atoms with van der Waals surface area (Å²) >= 11 is 0. The second kappa shape index (κ2) is 6.53. The number of nitrogens with zero attached hydrogens (tertiary/aromatic N) is 2. The lowest BCUT2D eigenvalue weighted by Gasteiger charge is -2.01. The quantitative estimate of drug-likeness (QED) is 0.600. The Bertz CT molecular complexity index is 1000. The summed E-state index contributed by atoms with van der Waals surface area (Å²) in [7, 11) is 0. The first-order chi connectivity index (χ1) is 12.2. The molecule has 5 heteroatoms. The molecule has 0 aliphatic heterocycles. The van der Waals surface area contributed by atoms with Gasteiger partial charge in [-0.25, -0.2) is 9.37 Å². The van der Waals surface area contributed by atoms with Crippen molar-refractivity contribution in [3.8, 4) is 11.5 Å². The Morgan fingerprint density at radius 1 is 1.08 bits per heavy atom. The first-order valence-corrected chi connectivity index (χ1v) is 8.22. The Balaban J connectivity index is 1.65. The van der Waals surface area contributed by atoms with Gasteiger partial charge in [-0.05, 0) is 48.9 Å². The SMILES string of the molecule is NCCc1cn(Cc2coc(-c3ccc(F)cc3)n2)c2ccccc12. The highest BCUT2D eigenvalue weighted by molar-refractivity contribution is 5.84. The summed E-state index contributed by atoms with van der Waals surface area (Å²) in [6.07, 6.45) is 4.62. The molecular formula is C20H18FN3O. The van der Waals surface area contributed by atoms with Crippen LogP contribution in [0.2, 0.25) is 0 Å². The molecule has 0 unspecified atom stereocenters. The van der Waals surface area contributed by atoms with E-state index in [1.54, 1.807) is 18.4 Å². The van der Waals surface area contributed by atoms with E-state index in [2.05, 4.69) is 27.9 Å². The second-order valence-corrected chi connectivity index (χ2v) is 5.99. The van der Waals surface area contributed by atoms with Crippen LogP contribution in [0.15, 0.2) is 65.4 Å². The third-order valence-corrected chi connectivity index (χ3v) is 4.26. The predicted molar refractivity (Wildman–Crippen MR) is 95.7 cm³/mol. The van der Waals surface area contributed by atoms with E-state index < -0.39 is 0 Å². The Morgan fingerprint density at radius 2 is 1.88 bits per heavy atom. The number of rotatable bonds is 5. The molecule has 0 aliphatic carbocycles. The number of para-hydroxylation sites is 1. The van der Waals surface area contributed by atoms with Crippen LogP contribution in [0.25, 0.3) is 22.4 Å². The number of hydrogen-bond acceptors (Lipinski definition) is 3. The molecule has 0 radical (unpaired) electrons. The smallest absolute Gasteiger partial charge is 0.226 e. The highest BCUT2D eigenvalue weighted by atomic mass is 19.1. The largest absolute Gasteiger partial charge is 0.444 e. The minimum absolute atomic E-state index is 0.276. The van der Waals surface area contributed by atoms with E-state index in [4.69, 9.17) is 10.2 Å². The maximum absolute atomic E-state index is 13.0. The molecule has 4 nitrogen and oxygen atoms in total. The van der Waals surface area contributed by atoms with Crippen molar-refractivity contribution in [1.29, 1.82) is 0 Å². The van der Waals surface area contributed by atoms with Gasteiger partial charge in [-0.15, -0.1) is 0 Å². The molecule has 0 saturated carbocycles. The first kappa shape index (κ1) is 15.6. The summed E-state index contributed by atoms with van der Waals surface area (Å²) in [5.41, 5.74) is 9.69. The summed E-state index contributed by atoms with van der Waals surface area (Å²) < 4.78 is 20.8. The van der Waals surface area contributed by atoms with Gasteiger partial charge in [0.1, 0.15) is 12.1 Å². The lowest BCUT2D eigenvalue weighted by molar-refractivity contribution is 0.571. The van der Waals surface area contributed by atoms with Crippen molar-refractivity contribution in [2.75, 3.05) is 6.54 Å². The van der Waals surface area contributed by atoms with E-state index in [0.717, 1.165) is 23.2 Å². The van der Waals surface area contributed by atoms with Crippen molar-refractivity contribution in [3.05, 3.63) is 78.1 Å². The van der Waals surface area contributed by atoms with Crippen molar-refractivity contribution in [3.63, 3.8) is 0 Å². The summed E-state index contributed by atoms with van der Waals surface area (Å²) in [4.78, 5) is 4.53. The first-order valence-electron chi connectivity index (χ1n) is 8.22. The molecule has 0 aliphatic rings. The van der Waals surface area contributed by atoms with Gasteiger partial charge in [0.05, 0.1) is 12.2 Å². The van der Waals surface area contributed by atoms with E-state index in [0.29, 0.717) is 19.0 Å². The highest BCUT2D eigenvalue weighted by Gasteiger charge is 2.11. The zero-order chi connectivity index (χ0) is 17.2. The summed E-state index contributed by atoms with van der Waals surface area (Å²) in [6, 6.07) is 14.4. The molecule has 0 spiro atoms. The van der Waals surface area contributed by atoms with Gasteiger partial charge in [-0.2, -0.15) is 0 Å². The van der Waals surface area contributed by atoms with Crippen LogP contribution in [-0.2, 0) is 13.0 Å². The fraction of sp³-hybridized carbons (Fsp3) is 0.150. The van der Waals surface area contributed by atoms with Crippen LogP contribution in [-0.4, -0.2) is 16.1 Å². The van der Waals surface area contributed by atoms with Gasteiger partial charge in [-0.3, -0.25) is 0 Å². The van der Waals surface area contributed by atoms with Crippen molar-refractivity contribution < 1.29 is 8.81 Å². The van der Waals surface area contributed by atoms with Gasteiger partial charge >= 0.3 is 0 Å². The number of benzene rings is 2. The minimum Gasteiger partial charge on any atom is -0.444 e. The highest BCUT2D eigenvalue weighted by Crippen LogP contribution is 2.24. The van der Waals surface area contributed by atoms with Gasteiger partial charge < -0.3 is 14.7 Å². The monoisotopic (exact) mass is 335 g/mol. The molecule has 2 N–H and O–H groups in total.